The Morgan fingerprint density at radius 1 is 1.15 bits per heavy atom. The van der Waals surface area contributed by atoms with Crippen LogP contribution >= 0.6 is 0 Å². The van der Waals surface area contributed by atoms with E-state index >= 15 is 0 Å². The Hall–Kier alpha value is -2.96. The predicted octanol–water partition coefficient (Wildman–Crippen LogP) is 4.29. The molecule has 0 aliphatic rings. The highest BCUT2D eigenvalue weighted by Gasteiger charge is 2.24. The average molecular weight is 360 g/mol. The molecule has 0 fully saturated rings. The van der Waals surface area contributed by atoms with Crippen molar-refractivity contribution >= 4 is 17.0 Å². The van der Waals surface area contributed by atoms with E-state index in [1.54, 1.807) is 48.5 Å². The van der Waals surface area contributed by atoms with Gasteiger partial charge in [0.1, 0.15) is 5.75 Å². The maximum atomic E-state index is 13.5. The molecule has 1 aromatic heterocycles. The van der Waals surface area contributed by atoms with Crippen molar-refractivity contribution in [1.29, 1.82) is 0 Å². The summed E-state index contributed by atoms with van der Waals surface area (Å²) in [6.45, 7) is -1.26. The fourth-order valence-electron chi connectivity index (χ4n) is 2.85. The molecule has 0 amide bonds. The van der Waals surface area contributed by atoms with Crippen molar-refractivity contribution in [3.05, 3.63) is 59.9 Å². The summed E-state index contributed by atoms with van der Waals surface area (Å²) in [7, 11) is 1.51. The fourth-order valence-corrected chi connectivity index (χ4v) is 2.85. The average Bonchev–Trinajstić information content (AvgIpc) is 3.02. The van der Waals surface area contributed by atoms with Gasteiger partial charge in [-0.25, -0.2) is 4.98 Å². The van der Waals surface area contributed by atoms with E-state index in [1.165, 1.54) is 14.0 Å². The first-order valence-corrected chi connectivity index (χ1v) is 8.07. The number of esters is 1. The Bertz CT molecular complexity index is 924. The van der Waals surface area contributed by atoms with Gasteiger partial charge in [-0.1, -0.05) is 30.3 Å². The standard InChI is InChI=1S/C19H18F2N2O3/c1-12(26-17(24)11-13-7-3-6-10-16(13)25-2)18-22-14-8-4-5-9-15(14)23(18)19(20)21/h3-10,12,19H,11H2,1-2H3. The van der Waals surface area contributed by atoms with Gasteiger partial charge in [0.05, 0.1) is 24.6 Å². The number of benzene rings is 2. The van der Waals surface area contributed by atoms with Gasteiger partial charge in [0.2, 0.25) is 0 Å². The summed E-state index contributed by atoms with van der Waals surface area (Å²) >= 11 is 0. The first-order valence-electron chi connectivity index (χ1n) is 8.07. The lowest BCUT2D eigenvalue weighted by Gasteiger charge is -2.15. The first kappa shape index (κ1) is 17.8. The molecule has 0 aliphatic heterocycles. The Morgan fingerprint density at radius 2 is 1.85 bits per heavy atom. The highest BCUT2D eigenvalue weighted by atomic mass is 19.3. The van der Waals surface area contributed by atoms with Crippen LogP contribution in [-0.4, -0.2) is 22.6 Å². The van der Waals surface area contributed by atoms with Crippen molar-refractivity contribution in [2.45, 2.75) is 26.0 Å². The molecule has 5 nitrogen and oxygen atoms in total. The molecule has 0 saturated carbocycles. The molecule has 1 heterocycles. The molecule has 3 aromatic rings. The zero-order chi connectivity index (χ0) is 18.7. The van der Waals surface area contributed by atoms with E-state index in [0.717, 1.165) is 4.57 Å². The molecular weight excluding hydrogens is 342 g/mol. The molecule has 0 aliphatic carbocycles. The van der Waals surface area contributed by atoms with E-state index < -0.39 is 18.6 Å². The van der Waals surface area contributed by atoms with Gasteiger partial charge in [0.25, 0.3) is 0 Å². The number of carbonyl (C=O) groups excluding carboxylic acids is 1. The van der Waals surface area contributed by atoms with Crippen LogP contribution in [-0.2, 0) is 16.0 Å². The second-order valence-corrected chi connectivity index (χ2v) is 5.73. The van der Waals surface area contributed by atoms with Crippen molar-refractivity contribution in [2.75, 3.05) is 7.11 Å². The molecule has 3 rings (SSSR count). The smallest absolute Gasteiger partial charge is 0.320 e. The fraction of sp³-hybridized carbons (Fsp3) is 0.263. The molecule has 2 aromatic carbocycles. The maximum absolute atomic E-state index is 13.5. The van der Waals surface area contributed by atoms with Crippen LogP contribution in [0, 0.1) is 0 Å². The van der Waals surface area contributed by atoms with Crippen LogP contribution in [0.15, 0.2) is 48.5 Å². The largest absolute Gasteiger partial charge is 0.496 e. The second-order valence-electron chi connectivity index (χ2n) is 5.73. The van der Waals surface area contributed by atoms with Gasteiger partial charge in [-0.2, -0.15) is 8.78 Å². The molecule has 1 atom stereocenters. The Kier molecular flexibility index (Phi) is 5.16. The van der Waals surface area contributed by atoms with Crippen LogP contribution in [0.1, 0.15) is 31.0 Å². The third-order valence-corrected chi connectivity index (χ3v) is 4.02. The molecule has 0 spiro atoms. The first-order chi connectivity index (χ1) is 12.5. The number of nitrogens with zero attached hydrogens (tertiary/aromatic N) is 2. The highest BCUT2D eigenvalue weighted by molar-refractivity contribution is 5.77. The number of fused-ring (bicyclic) bond motifs is 1. The molecule has 26 heavy (non-hydrogen) atoms. The van der Waals surface area contributed by atoms with E-state index in [9.17, 15) is 13.6 Å². The molecule has 136 valence electrons. The van der Waals surface area contributed by atoms with E-state index in [4.69, 9.17) is 9.47 Å². The van der Waals surface area contributed by atoms with Gasteiger partial charge in [-0.15, -0.1) is 0 Å². The van der Waals surface area contributed by atoms with Gasteiger partial charge in [0.15, 0.2) is 11.9 Å². The molecule has 0 radical (unpaired) electrons. The summed E-state index contributed by atoms with van der Waals surface area (Å²) in [5, 5.41) is 0. The normalized spacial score (nSPS) is 12.3. The van der Waals surface area contributed by atoms with Crippen molar-refractivity contribution in [1.82, 2.24) is 9.55 Å². The summed E-state index contributed by atoms with van der Waals surface area (Å²) in [5.74, 6) is 0.0290. The van der Waals surface area contributed by atoms with Crippen LogP contribution in [0.4, 0.5) is 8.78 Å². The van der Waals surface area contributed by atoms with E-state index in [2.05, 4.69) is 4.98 Å². The van der Waals surface area contributed by atoms with Gasteiger partial charge in [0, 0.05) is 5.56 Å². The SMILES string of the molecule is COc1ccccc1CC(=O)OC(C)c1nc2ccccc2n1C(F)F. The number of rotatable bonds is 6. The Labute approximate surface area is 149 Å². The predicted molar refractivity (Wildman–Crippen MR) is 92.2 cm³/mol. The van der Waals surface area contributed by atoms with Gasteiger partial charge in [-0.3, -0.25) is 9.36 Å². The maximum Gasteiger partial charge on any atom is 0.320 e. The number of aromatic nitrogens is 2. The summed E-state index contributed by atoms with van der Waals surface area (Å²) < 4.78 is 38.3. The number of imidazole rings is 1. The molecule has 0 bridgehead atoms. The Balaban J connectivity index is 1.81. The number of para-hydroxylation sites is 3. The van der Waals surface area contributed by atoms with E-state index in [-0.39, 0.29) is 12.2 Å². The molecule has 7 heteroatoms. The Morgan fingerprint density at radius 3 is 2.58 bits per heavy atom. The van der Waals surface area contributed by atoms with Crippen LogP contribution in [0.3, 0.4) is 0 Å². The minimum absolute atomic E-state index is 0.00887. The van der Waals surface area contributed by atoms with Crippen molar-refractivity contribution in [2.24, 2.45) is 0 Å². The summed E-state index contributed by atoms with van der Waals surface area (Å²) in [4.78, 5) is 16.5. The number of halogens is 2. The number of ether oxygens (including phenoxy) is 2. The van der Waals surface area contributed by atoms with Crippen molar-refractivity contribution in [3.63, 3.8) is 0 Å². The molecule has 0 N–H and O–H groups in total. The monoisotopic (exact) mass is 360 g/mol. The minimum Gasteiger partial charge on any atom is -0.496 e. The topological polar surface area (TPSA) is 53.4 Å². The third kappa shape index (κ3) is 3.51. The lowest BCUT2D eigenvalue weighted by atomic mass is 10.1. The molecule has 1 unspecified atom stereocenters. The number of alkyl halides is 2. The second kappa shape index (κ2) is 7.51. The van der Waals surface area contributed by atoms with E-state index in [0.29, 0.717) is 22.3 Å². The van der Waals surface area contributed by atoms with Crippen LogP contribution in [0.25, 0.3) is 11.0 Å². The van der Waals surface area contributed by atoms with Crippen LogP contribution < -0.4 is 4.74 Å². The highest BCUT2D eigenvalue weighted by Crippen LogP contribution is 2.28. The van der Waals surface area contributed by atoms with Crippen LogP contribution in [0.2, 0.25) is 0 Å². The van der Waals surface area contributed by atoms with Gasteiger partial charge in [-0.05, 0) is 25.1 Å². The number of methoxy groups -OCH3 is 1. The summed E-state index contributed by atoms with van der Waals surface area (Å²) in [6, 6.07) is 13.6. The molecule has 0 saturated heterocycles. The minimum atomic E-state index is -2.78. The zero-order valence-corrected chi connectivity index (χ0v) is 14.4. The number of hydrogen-bond acceptors (Lipinski definition) is 4. The van der Waals surface area contributed by atoms with Crippen molar-refractivity contribution in [3.8, 4) is 5.75 Å². The lowest BCUT2D eigenvalue weighted by molar-refractivity contribution is -0.148. The van der Waals surface area contributed by atoms with Crippen molar-refractivity contribution < 1.29 is 23.0 Å². The lowest BCUT2D eigenvalue weighted by Crippen LogP contribution is -2.16. The van der Waals surface area contributed by atoms with Crippen LogP contribution in [0.5, 0.6) is 5.75 Å². The van der Waals surface area contributed by atoms with Gasteiger partial charge < -0.3 is 9.47 Å². The summed E-state index contributed by atoms with van der Waals surface area (Å²) in [5.41, 5.74) is 1.38. The quantitative estimate of drug-likeness (QED) is 0.616. The third-order valence-electron chi connectivity index (χ3n) is 4.02. The number of hydrogen-bond donors (Lipinski definition) is 0. The number of carbonyl (C=O) groups is 1. The summed E-state index contributed by atoms with van der Waals surface area (Å²) in [6.07, 6.45) is -0.942. The van der Waals surface area contributed by atoms with E-state index in [1.807, 2.05) is 0 Å². The zero-order valence-electron chi connectivity index (χ0n) is 14.4. The van der Waals surface area contributed by atoms with Gasteiger partial charge >= 0.3 is 12.5 Å². The molecular formula is C19H18F2N2O3.